The molecule has 18 heavy (non-hydrogen) atoms. The predicted octanol–water partition coefficient (Wildman–Crippen LogP) is 3.53. The zero-order valence-electron chi connectivity index (χ0n) is 12.5. The second-order valence-electron chi connectivity index (χ2n) is 5.25. The van der Waals surface area contributed by atoms with E-state index in [4.69, 9.17) is 4.74 Å². The first-order valence-electron chi connectivity index (χ1n) is 7.51. The summed E-state index contributed by atoms with van der Waals surface area (Å²) in [5.41, 5.74) is 0. The Hall–Kier alpha value is -0.570. The van der Waals surface area contributed by atoms with Crippen LogP contribution in [-0.4, -0.2) is 25.7 Å². The van der Waals surface area contributed by atoms with Gasteiger partial charge in [-0.3, -0.25) is 4.79 Å². The van der Waals surface area contributed by atoms with E-state index in [1.807, 2.05) is 6.92 Å². The van der Waals surface area contributed by atoms with Gasteiger partial charge in [0.2, 0.25) is 5.91 Å². The lowest BCUT2D eigenvalue weighted by molar-refractivity contribution is -0.121. The third-order valence-corrected chi connectivity index (χ3v) is 2.93. The van der Waals surface area contributed by atoms with Gasteiger partial charge in [0.1, 0.15) is 0 Å². The Balaban J connectivity index is 3.17. The summed E-state index contributed by atoms with van der Waals surface area (Å²) in [6, 6.07) is 0. The molecule has 0 heterocycles. The quantitative estimate of drug-likeness (QED) is 0.543. The lowest BCUT2D eigenvalue weighted by Gasteiger charge is -2.06. The number of amides is 1. The average molecular weight is 257 g/mol. The van der Waals surface area contributed by atoms with Crippen molar-refractivity contribution in [2.24, 2.45) is 5.92 Å². The van der Waals surface area contributed by atoms with E-state index in [0.29, 0.717) is 6.42 Å². The molecule has 1 amide bonds. The molecule has 3 nitrogen and oxygen atoms in total. The summed E-state index contributed by atoms with van der Waals surface area (Å²) in [4.78, 5) is 11.5. The Bertz CT molecular complexity index is 193. The van der Waals surface area contributed by atoms with E-state index in [0.717, 1.165) is 44.9 Å². The molecule has 108 valence electrons. The summed E-state index contributed by atoms with van der Waals surface area (Å²) in [5.74, 6) is 0.986. The van der Waals surface area contributed by atoms with Crippen molar-refractivity contribution in [2.45, 2.75) is 65.7 Å². The van der Waals surface area contributed by atoms with Gasteiger partial charge in [-0.1, -0.05) is 33.1 Å². The molecule has 0 aromatic rings. The maximum Gasteiger partial charge on any atom is 0.219 e. The highest BCUT2D eigenvalue weighted by molar-refractivity contribution is 5.75. The van der Waals surface area contributed by atoms with E-state index < -0.39 is 0 Å². The van der Waals surface area contributed by atoms with Gasteiger partial charge in [-0.2, -0.15) is 0 Å². The first kappa shape index (κ1) is 17.4. The molecule has 0 aromatic carbocycles. The molecule has 0 rings (SSSR count). The van der Waals surface area contributed by atoms with Crippen LogP contribution < -0.4 is 5.32 Å². The number of unbranched alkanes of at least 4 members (excludes halogenated alkanes) is 3. The highest BCUT2D eigenvalue weighted by atomic mass is 16.5. The molecule has 0 spiro atoms. The first-order chi connectivity index (χ1) is 8.66. The lowest BCUT2D eigenvalue weighted by Crippen LogP contribution is -2.24. The number of rotatable bonds is 12. The van der Waals surface area contributed by atoms with Gasteiger partial charge in [-0.15, -0.1) is 0 Å². The second-order valence-corrected chi connectivity index (χ2v) is 5.25. The van der Waals surface area contributed by atoms with Crippen LogP contribution in [0.15, 0.2) is 0 Å². The number of nitrogens with one attached hydrogen (secondary N) is 1. The Morgan fingerprint density at radius 1 is 1.11 bits per heavy atom. The Labute approximate surface area is 113 Å². The van der Waals surface area contributed by atoms with Crippen molar-refractivity contribution in [1.82, 2.24) is 5.32 Å². The van der Waals surface area contributed by atoms with Crippen LogP contribution in [0.25, 0.3) is 0 Å². The molecule has 1 N–H and O–H groups in total. The number of ether oxygens (including phenoxy) is 1. The highest BCUT2D eigenvalue weighted by Gasteiger charge is 2.00. The van der Waals surface area contributed by atoms with Crippen LogP contribution in [0.3, 0.4) is 0 Å². The van der Waals surface area contributed by atoms with Crippen LogP contribution in [0, 0.1) is 5.92 Å². The Morgan fingerprint density at radius 3 is 2.56 bits per heavy atom. The minimum Gasteiger partial charge on any atom is -0.382 e. The molecule has 0 unspecified atom stereocenters. The largest absolute Gasteiger partial charge is 0.382 e. The molecule has 0 saturated heterocycles. The summed E-state index contributed by atoms with van der Waals surface area (Å²) in [6.45, 7) is 8.88. The minimum atomic E-state index is 0.190. The molecule has 3 heteroatoms. The molecule has 0 aliphatic heterocycles. The van der Waals surface area contributed by atoms with Gasteiger partial charge in [0.15, 0.2) is 0 Å². The number of hydrogen-bond acceptors (Lipinski definition) is 2. The lowest BCUT2D eigenvalue weighted by atomic mass is 10.1. The van der Waals surface area contributed by atoms with E-state index in [1.54, 1.807) is 0 Å². The van der Waals surface area contributed by atoms with Crippen molar-refractivity contribution in [3.05, 3.63) is 0 Å². The Morgan fingerprint density at radius 2 is 1.89 bits per heavy atom. The summed E-state index contributed by atoms with van der Waals surface area (Å²) in [7, 11) is 0. The average Bonchev–Trinajstić information content (AvgIpc) is 2.33. The molecule has 0 bridgehead atoms. The minimum absolute atomic E-state index is 0.190. The fourth-order valence-corrected chi connectivity index (χ4v) is 1.80. The molecule has 0 saturated carbocycles. The van der Waals surface area contributed by atoms with Gasteiger partial charge < -0.3 is 10.1 Å². The van der Waals surface area contributed by atoms with Gasteiger partial charge >= 0.3 is 0 Å². The standard InChI is InChI=1S/C15H31NO2/c1-4-18-13-9-7-11-15(17)16-12-8-5-6-10-14(2)3/h14H,4-13H2,1-3H3,(H,16,17). The van der Waals surface area contributed by atoms with Crippen molar-refractivity contribution >= 4 is 5.91 Å². The number of hydrogen-bond donors (Lipinski definition) is 1. The Kier molecular flexibility index (Phi) is 12.5. The van der Waals surface area contributed by atoms with Gasteiger partial charge in [0, 0.05) is 26.2 Å². The molecule has 0 atom stereocenters. The maximum atomic E-state index is 11.5. The summed E-state index contributed by atoms with van der Waals surface area (Å²) in [5, 5.41) is 2.98. The summed E-state index contributed by atoms with van der Waals surface area (Å²) >= 11 is 0. The third kappa shape index (κ3) is 13.5. The summed E-state index contributed by atoms with van der Waals surface area (Å²) in [6.07, 6.45) is 7.46. The third-order valence-electron chi connectivity index (χ3n) is 2.93. The van der Waals surface area contributed by atoms with Crippen LogP contribution in [0.4, 0.5) is 0 Å². The van der Waals surface area contributed by atoms with Crippen LogP contribution >= 0.6 is 0 Å². The van der Waals surface area contributed by atoms with Crippen LogP contribution in [0.2, 0.25) is 0 Å². The monoisotopic (exact) mass is 257 g/mol. The number of carbonyl (C=O) groups is 1. The van der Waals surface area contributed by atoms with E-state index in [9.17, 15) is 4.79 Å². The highest BCUT2D eigenvalue weighted by Crippen LogP contribution is 2.07. The van der Waals surface area contributed by atoms with Gasteiger partial charge in [0.25, 0.3) is 0 Å². The maximum absolute atomic E-state index is 11.5. The second kappa shape index (κ2) is 12.9. The molecular weight excluding hydrogens is 226 g/mol. The molecule has 0 aliphatic carbocycles. The van der Waals surface area contributed by atoms with E-state index >= 15 is 0 Å². The number of carbonyl (C=O) groups excluding carboxylic acids is 1. The zero-order valence-corrected chi connectivity index (χ0v) is 12.5. The van der Waals surface area contributed by atoms with Crippen molar-refractivity contribution in [3.63, 3.8) is 0 Å². The van der Waals surface area contributed by atoms with Crippen LogP contribution in [-0.2, 0) is 9.53 Å². The van der Waals surface area contributed by atoms with Crippen LogP contribution in [0.1, 0.15) is 65.7 Å². The van der Waals surface area contributed by atoms with Crippen molar-refractivity contribution in [3.8, 4) is 0 Å². The first-order valence-corrected chi connectivity index (χ1v) is 7.51. The van der Waals surface area contributed by atoms with E-state index in [1.165, 1.54) is 19.3 Å². The smallest absolute Gasteiger partial charge is 0.219 e. The molecule has 0 aromatic heterocycles. The summed E-state index contributed by atoms with van der Waals surface area (Å²) < 4.78 is 5.23. The van der Waals surface area contributed by atoms with Crippen molar-refractivity contribution < 1.29 is 9.53 Å². The van der Waals surface area contributed by atoms with Gasteiger partial charge in [0.05, 0.1) is 0 Å². The van der Waals surface area contributed by atoms with Crippen LogP contribution in [0.5, 0.6) is 0 Å². The van der Waals surface area contributed by atoms with Gasteiger partial charge in [-0.05, 0) is 32.1 Å². The van der Waals surface area contributed by atoms with Gasteiger partial charge in [-0.25, -0.2) is 0 Å². The molecular formula is C15H31NO2. The molecule has 0 aliphatic rings. The van der Waals surface area contributed by atoms with E-state index in [-0.39, 0.29) is 5.91 Å². The van der Waals surface area contributed by atoms with Crippen molar-refractivity contribution in [2.75, 3.05) is 19.8 Å². The molecule has 0 fully saturated rings. The van der Waals surface area contributed by atoms with Crippen molar-refractivity contribution in [1.29, 1.82) is 0 Å². The topological polar surface area (TPSA) is 38.3 Å². The fourth-order valence-electron chi connectivity index (χ4n) is 1.80. The molecule has 0 radical (unpaired) electrons. The predicted molar refractivity (Wildman–Crippen MR) is 76.7 cm³/mol. The normalized spacial score (nSPS) is 10.9. The SMILES string of the molecule is CCOCCCCC(=O)NCCCCCC(C)C. The van der Waals surface area contributed by atoms with E-state index in [2.05, 4.69) is 19.2 Å². The zero-order chi connectivity index (χ0) is 13.6. The fraction of sp³-hybridized carbons (Fsp3) is 0.933.